The summed E-state index contributed by atoms with van der Waals surface area (Å²) in [6, 6.07) is 0. The number of alkyl carbamates (subject to hydrolysis) is 1. The van der Waals surface area contributed by atoms with Crippen LogP contribution in [0.4, 0.5) is 4.79 Å². The molecule has 1 unspecified atom stereocenters. The van der Waals surface area contributed by atoms with Crippen LogP contribution in [-0.2, 0) is 9.47 Å². The van der Waals surface area contributed by atoms with E-state index in [0.29, 0.717) is 13.2 Å². The second-order valence-electron chi connectivity index (χ2n) is 13.6. The van der Waals surface area contributed by atoms with Crippen molar-refractivity contribution in [3.63, 3.8) is 0 Å². The SMILES string of the molecule is CCCCCCCCCCCCCCCCCCC(CCCCCCCCCCCCC)OC(=O)NCCCOC(C)C. The molecule has 0 aliphatic rings. The molecule has 1 atom stereocenters. The third-order valence-corrected chi connectivity index (χ3v) is 8.82. The summed E-state index contributed by atoms with van der Waals surface area (Å²) in [5, 5.41) is 2.94. The Morgan fingerprint density at radius 3 is 1.14 bits per heavy atom. The van der Waals surface area contributed by atoms with E-state index in [2.05, 4.69) is 19.2 Å². The van der Waals surface area contributed by atoms with Crippen LogP contribution >= 0.6 is 0 Å². The lowest BCUT2D eigenvalue weighted by molar-refractivity contribution is 0.0720. The van der Waals surface area contributed by atoms with Crippen molar-refractivity contribution in [3.8, 4) is 0 Å². The molecule has 0 aromatic heterocycles. The Labute approximate surface area is 271 Å². The highest BCUT2D eigenvalue weighted by Crippen LogP contribution is 2.18. The zero-order valence-electron chi connectivity index (χ0n) is 30.0. The predicted octanol–water partition coefficient (Wildman–Crippen LogP) is 13.2. The number of amides is 1. The number of hydrogen-bond donors (Lipinski definition) is 1. The van der Waals surface area contributed by atoms with Gasteiger partial charge in [0.25, 0.3) is 0 Å². The number of hydrogen-bond acceptors (Lipinski definition) is 3. The molecule has 0 saturated heterocycles. The van der Waals surface area contributed by atoms with Crippen LogP contribution < -0.4 is 5.32 Å². The topological polar surface area (TPSA) is 47.6 Å². The van der Waals surface area contributed by atoms with Gasteiger partial charge in [-0.05, 0) is 46.0 Å². The highest BCUT2D eigenvalue weighted by molar-refractivity contribution is 5.67. The normalized spacial score (nSPS) is 12.2. The summed E-state index contributed by atoms with van der Waals surface area (Å²) < 4.78 is 11.5. The van der Waals surface area contributed by atoms with Crippen molar-refractivity contribution < 1.29 is 14.3 Å². The van der Waals surface area contributed by atoms with E-state index in [0.717, 1.165) is 19.3 Å². The number of ether oxygens (including phenoxy) is 2. The lowest BCUT2D eigenvalue weighted by atomic mass is 10.0. The third kappa shape index (κ3) is 35.6. The molecule has 0 aromatic rings. The maximum absolute atomic E-state index is 12.4. The molecular formula is C39H79NO3. The van der Waals surface area contributed by atoms with Crippen molar-refractivity contribution in [2.75, 3.05) is 13.2 Å². The maximum atomic E-state index is 12.4. The van der Waals surface area contributed by atoms with Crippen molar-refractivity contribution in [3.05, 3.63) is 0 Å². The van der Waals surface area contributed by atoms with Crippen molar-refractivity contribution in [2.24, 2.45) is 0 Å². The van der Waals surface area contributed by atoms with Crippen LogP contribution in [0.15, 0.2) is 0 Å². The summed E-state index contributed by atoms with van der Waals surface area (Å²) >= 11 is 0. The maximum Gasteiger partial charge on any atom is 0.407 e. The van der Waals surface area contributed by atoms with Crippen molar-refractivity contribution in [1.82, 2.24) is 5.32 Å². The van der Waals surface area contributed by atoms with Crippen LogP contribution in [0.2, 0.25) is 0 Å². The highest BCUT2D eigenvalue weighted by Gasteiger charge is 2.14. The summed E-state index contributed by atoms with van der Waals surface area (Å²) in [4.78, 5) is 12.4. The lowest BCUT2D eigenvalue weighted by Gasteiger charge is -2.18. The Morgan fingerprint density at radius 1 is 0.488 bits per heavy atom. The molecule has 258 valence electrons. The van der Waals surface area contributed by atoms with Crippen molar-refractivity contribution in [1.29, 1.82) is 0 Å². The van der Waals surface area contributed by atoms with E-state index in [1.165, 1.54) is 173 Å². The van der Waals surface area contributed by atoms with Crippen molar-refractivity contribution in [2.45, 2.75) is 233 Å². The van der Waals surface area contributed by atoms with Gasteiger partial charge in [-0.25, -0.2) is 4.79 Å². The molecule has 4 nitrogen and oxygen atoms in total. The van der Waals surface area contributed by atoms with Crippen LogP contribution in [0.5, 0.6) is 0 Å². The van der Waals surface area contributed by atoms with Gasteiger partial charge >= 0.3 is 6.09 Å². The van der Waals surface area contributed by atoms with Gasteiger partial charge in [-0.2, -0.15) is 0 Å². The minimum atomic E-state index is -0.242. The molecular weight excluding hydrogens is 530 g/mol. The van der Waals surface area contributed by atoms with E-state index in [9.17, 15) is 4.79 Å². The summed E-state index contributed by atoms with van der Waals surface area (Å²) in [6.07, 6.45) is 40.0. The summed E-state index contributed by atoms with van der Waals surface area (Å²) in [6.45, 7) is 9.96. The first kappa shape index (κ1) is 42.2. The van der Waals surface area contributed by atoms with Gasteiger partial charge in [-0.15, -0.1) is 0 Å². The molecule has 0 aromatic carbocycles. The van der Waals surface area contributed by atoms with Crippen LogP contribution in [0.1, 0.15) is 220 Å². The Kier molecular flexibility index (Phi) is 35.1. The van der Waals surface area contributed by atoms with Crippen LogP contribution in [0.3, 0.4) is 0 Å². The van der Waals surface area contributed by atoms with E-state index >= 15 is 0 Å². The summed E-state index contributed by atoms with van der Waals surface area (Å²) in [7, 11) is 0. The Bertz CT molecular complexity index is 539. The Balaban J connectivity index is 3.95. The van der Waals surface area contributed by atoms with E-state index < -0.39 is 0 Å². The van der Waals surface area contributed by atoms with Gasteiger partial charge in [0, 0.05) is 13.2 Å². The molecule has 1 amide bonds. The number of unbranched alkanes of at least 4 members (excludes halogenated alkanes) is 25. The minimum absolute atomic E-state index is 0.0668. The monoisotopic (exact) mass is 610 g/mol. The predicted molar refractivity (Wildman–Crippen MR) is 189 cm³/mol. The minimum Gasteiger partial charge on any atom is -0.446 e. The fraction of sp³-hybridized carbons (Fsp3) is 0.974. The van der Waals surface area contributed by atoms with Gasteiger partial charge in [-0.1, -0.05) is 174 Å². The quantitative estimate of drug-likeness (QED) is 0.0727. The van der Waals surface area contributed by atoms with Gasteiger partial charge in [-0.3, -0.25) is 0 Å². The second-order valence-corrected chi connectivity index (χ2v) is 13.6. The molecule has 0 spiro atoms. The first-order chi connectivity index (χ1) is 21.1. The van der Waals surface area contributed by atoms with E-state index in [4.69, 9.17) is 9.47 Å². The lowest BCUT2D eigenvalue weighted by Crippen LogP contribution is -2.30. The van der Waals surface area contributed by atoms with Crippen LogP contribution in [0, 0.1) is 0 Å². The molecule has 0 saturated carbocycles. The zero-order chi connectivity index (χ0) is 31.5. The first-order valence-electron chi connectivity index (χ1n) is 19.7. The molecule has 0 fully saturated rings. The van der Waals surface area contributed by atoms with Crippen LogP contribution in [0.25, 0.3) is 0 Å². The molecule has 4 heteroatoms. The molecule has 0 heterocycles. The molecule has 1 N–H and O–H groups in total. The number of carbonyl (C=O) groups is 1. The summed E-state index contributed by atoms with van der Waals surface area (Å²) in [5.41, 5.74) is 0. The molecule has 0 rings (SSSR count). The Morgan fingerprint density at radius 2 is 0.814 bits per heavy atom. The van der Waals surface area contributed by atoms with Crippen molar-refractivity contribution >= 4 is 6.09 Å². The number of carbonyl (C=O) groups excluding carboxylic acids is 1. The standard InChI is InChI=1S/C39H79NO3/c1-5-7-9-11-13-15-17-18-19-20-21-23-25-27-29-31-34-38(43-39(41)40-35-32-36-42-37(3)4)33-30-28-26-24-22-16-14-12-10-8-6-2/h37-38H,5-36H2,1-4H3,(H,40,41). The van der Waals surface area contributed by atoms with Gasteiger partial charge in [0.2, 0.25) is 0 Å². The van der Waals surface area contributed by atoms with E-state index in [1.807, 2.05) is 13.8 Å². The molecule has 0 aliphatic heterocycles. The van der Waals surface area contributed by atoms with E-state index in [1.54, 1.807) is 0 Å². The number of nitrogens with one attached hydrogen (secondary N) is 1. The second kappa shape index (κ2) is 35.7. The largest absolute Gasteiger partial charge is 0.446 e. The van der Waals surface area contributed by atoms with Gasteiger partial charge in [0.1, 0.15) is 6.10 Å². The molecule has 43 heavy (non-hydrogen) atoms. The van der Waals surface area contributed by atoms with Crippen LogP contribution in [-0.4, -0.2) is 31.5 Å². The fourth-order valence-corrected chi connectivity index (χ4v) is 5.99. The molecule has 0 radical (unpaired) electrons. The Hall–Kier alpha value is -0.770. The average molecular weight is 610 g/mol. The molecule has 0 aliphatic carbocycles. The van der Waals surface area contributed by atoms with Gasteiger partial charge in [0.05, 0.1) is 6.10 Å². The molecule has 0 bridgehead atoms. The smallest absolute Gasteiger partial charge is 0.407 e. The number of rotatable bonds is 35. The average Bonchev–Trinajstić information content (AvgIpc) is 2.99. The van der Waals surface area contributed by atoms with Gasteiger partial charge in [0.15, 0.2) is 0 Å². The fourth-order valence-electron chi connectivity index (χ4n) is 5.99. The van der Waals surface area contributed by atoms with E-state index in [-0.39, 0.29) is 18.3 Å². The zero-order valence-corrected chi connectivity index (χ0v) is 30.0. The first-order valence-corrected chi connectivity index (χ1v) is 19.7. The van der Waals surface area contributed by atoms with Gasteiger partial charge < -0.3 is 14.8 Å². The summed E-state index contributed by atoms with van der Waals surface area (Å²) in [5.74, 6) is 0. The third-order valence-electron chi connectivity index (χ3n) is 8.82. The highest BCUT2D eigenvalue weighted by atomic mass is 16.6.